The molecule has 0 aliphatic carbocycles. The molecule has 1 aromatic carbocycles. The molecule has 1 aromatic rings. The van der Waals surface area contributed by atoms with Gasteiger partial charge in [-0.15, -0.1) is 0 Å². The molecule has 0 aromatic heterocycles. The molecular formula is C13H16O5. The number of aryl methyl sites for hydroxylation is 1. The van der Waals surface area contributed by atoms with E-state index >= 15 is 0 Å². The zero-order valence-corrected chi connectivity index (χ0v) is 10.7. The van der Waals surface area contributed by atoms with Crippen LogP contribution >= 0.6 is 0 Å². The van der Waals surface area contributed by atoms with Gasteiger partial charge in [0, 0.05) is 0 Å². The maximum atomic E-state index is 11.5. The average Bonchev–Trinajstić information content (AvgIpc) is 2.36. The third kappa shape index (κ3) is 3.48. The number of methoxy groups -OCH3 is 1. The highest BCUT2D eigenvalue weighted by Crippen LogP contribution is 2.24. The van der Waals surface area contributed by atoms with Crippen LogP contribution in [-0.2, 0) is 14.3 Å². The molecule has 5 nitrogen and oxygen atoms in total. The van der Waals surface area contributed by atoms with Crippen molar-refractivity contribution in [3.8, 4) is 5.75 Å². The molecule has 0 amide bonds. The first kappa shape index (κ1) is 14.0. The lowest BCUT2D eigenvalue weighted by Gasteiger charge is -2.12. The number of hydrogen-bond acceptors (Lipinski definition) is 5. The second kappa shape index (κ2) is 6.64. The molecule has 98 valence electrons. The lowest BCUT2D eigenvalue weighted by molar-refractivity contribution is -0.145. The molecule has 0 heterocycles. The van der Waals surface area contributed by atoms with Gasteiger partial charge in [-0.3, -0.25) is 0 Å². The van der Waals surface area contributed by atoms with Crippen molar-refractivity contribution in [1.82, 2.24) is 0 Å². The smallest absolute Gasteiger partial charge is 0.344 e. The molecule has 1 rings (SSSR count). The number of para-hydroxylation sites is 1. The van der Waals surface area contributed by atoms with E-state index in [0.717, 1.165) is 5.56 Å². The van der Waals surface area contributed by atoms with Gasteiger partial charge >= 0.3 is 11.9 Å². The van der Waals surface area contributed by atoms with E-state index in [1.807, 2.05) is 0 Å². The summed E-state index contributed by atoms with van der Waals surface area (Å²) < 4.78 is 14.7. The van der Waals surface area contributed by atoms with Crippen molar-refractivity contribution >= 4 is 11.9 Å². The third-order valence-electron chi connectivity index (χ3n) is 2.26. The number of benzene rings is 1. The van der Waals surface area contributed by atoms with E-state index in [-0.39, 0.29) is 6.61 Å². The maximum Gasteiger partial charge on any atom is 0.344 e. The predicted molar refractivity (Wildman–Crippen MR) is 64.6 cm³/mol. The van der Waals surface area contributed by atoms with Gasteiger partial charge in [0.1, 0.15) is 11.3 Å². The second-order valence-electron chi connectivity index (χ2n) is 3.54. The van der Waals surface area contributed by atoms with Gasteiger partial charge in [0.25, 0.3) is 0 Å². The Bertz CT molecular complexity index is 439. The van der Waals surface area contributed by atoms with Gasteiger partial charge in [0.15, 0.2) is 6.61 Å². The van der Waals surface area contributed by atoms with Crippen LogP contribution in [0.2, 0.25) is 0 Å². The Hall–Kier alpha value is -2.04. The SMILES string of the molecule is CCOC(=O)COc1c(C)cccc1C(=O)OC. The summed E-state index contributed by atoms with van der Waals surface area (Å²) in [5.74, 6) is -0.633. The van der Waals surface area contributed by atoms with Crippen molar-refractivity contribution in [3.05, 3.63) is 29.3 Å². The number of carbonyl (C=O) groups excluding carboxylic acids is 2. The van der Waals surface area contributed by atoms with E-state index in [9.17, 15) is 9.59 Å². The molecule has 0 saturated carbocycles. The van der Waals surface area contributed by atoms with Gasteiger partial charge in [-0.1, -0.05) is 12.1 Å². The molecule has 0 N–H and O–H groups in total. The highest BCUT2D eigenvalue weighted by Gasteiger charge is 2.16. The Morgan fingerprint density at radius 1 is 1.28 bits per heavy atom. The summed E-state index contributed by atoms with van der Waals surface area (Å²) >= 11 is 0. The van der Waals surface area contributed by atoms with E-state index in [2.05, 4.69) is 4.74 Å². The quantitative estimate of drug-likeness (QED) is 0.747. The first-order valence-corrected chi connectivity index (χ1v) is 5.56. The molecule has 5 heteroatoms. The van der Waals surface area contributed by atoms with Crippen LogP contribution in [-0.4, -0.2) is 32.3 Å². The molecule has 0 spiro atoms. The summed E-state index contributed by atoms with van der Waals surface area (Å²) in [4.78, 5) is 22.8. The van der Waals surface area contributed by atoms with Crippen molar-refractivity contribution in [1.29, 1.82) is 0 Å². The largest absolute Gasteiger partial charge is 0.481 e. The standard InChI is InChI=1S/C13H16O5/c1-4-17-11(14)8-18-12-9(2)6-5-7-10(12)13(15)16-3/h5-7H,4,8H2,1-3H3. The van der Waals surface area contributed by atoms with Crippen molar-refractivity contribution in [3.63, 3.8) is 0 Å². The van der Waals surface area contributed by atoms with Crippen LogP contribution in [0.25, 0.3) is 0 Å². The molecular weight excluding hydrogens is 236 g/mol. The van der Waals surface area contributed by atoms with E-state index in [1.54, 1.807) is 32.0 Å². The lowest BCUT2D eigenvalue weighted by Crippen LogP contribution is -2.16. The minimum Gasteiger partial charge on any atom is -0.481 e. The van der Waals surface area contributed by atoms with E-state index in [4.69, 9.17) is 9.47 Å². The van der Waals surface area contributed by atoms with E-state index < -0.39 is 11.9 Å². The maximum absolute atomic E-state index is 11.5. The Labute approximate surface area is 106 Å². The third-order valence-corrected chi connectivity index (χ3v) is 2.26. The van der Waals surface area contributed by atoms with Gasteiger partial charge in [-0.25, -0.2) is 9.59 Å². The second-order valence-corrected chi connectivity index (χ2v) is 3.54. The van der Waals surface area contributed by atoms with Gasteiger partial charge < -0.3 is 14.2 Å². The molecule has 0 aliphatic rings. The topological polar surface area (TPSA) is 61.8 Å². The van der Waals surface area contributed by atoms with Crippen molar-refractivity contribution in [2.75, 3.05) is 20.3 Å². The molecule has 0 fully saturated rings. The minimum absolute atomic E-state index is 0.233. The fraction of sp³-hybridized carbons (Fsp3) is 0.385. The van der Waals surface area contributed by atoms with Crippen LogP contribution in [0, 0.1) is 6.92 Å². The van der Waals surface area contributed by atoms with Crippen LogP contribution in [0.15, 0.2) is 18.2 Å². The molecule has 0 bridgehead atoms. The van der Waals surface area contributed by atoms with Gasteiger partial charge in [0.2, 0.25) is 0 Å². The Kier molecular flexibility index (Phi) is 5.17. The normalized spacial score (nSPS) is 9.72. The van der Waals surface area contributed by atoms with Crippen LogP contribution in [0.1, 0.15) is 22.8 Å². The summed E-state index contributed by atoms with van der Waals surface area (Å²) in [7, 11) is 1.29. The summed E-state index contributed by atoms with van der Waals surface area (Å²) in [6.45, 7) is 3.56. The van der Waals surface area contributed by atoms with Gasteiger partial charge in [-0.2, -0.15) is 0 Å². The molecule has 0 saturated heterocycles. The van der Waals surface area contributed by atoms with Crippen LogP contribution in [0.3, 0.4) is 0 Å². The average molecular weight is 252 g/mol. The van der Waals surface area contributed by atoms with Crippen molar-refractivity contribution in [2.45, 2.75) is 13.8 Å². The predicted octanol–water partition coefficient (Wildman–Crippen LogP) is 1.72. The van der Waals surface area contributed by atoms with Crippen LogP contribution in [0.5, 0.6) is 5.75 Å². The lowest BCUT2D eigenvalue weighted by atomic mass is 10.1. The highest BCUT2D eigenvalue weighted by atomic mass is 16.6. The molecule has 18 heavy (non-hydrogen) atoms. The van der Waals surface area contributed by atoms with Gasteiger partial charge in [0.05, 0.1) is 13.7 Å². The molecule has 0 unspecified atom stereocenters. The van der Waals surface area contributed by atoms with Gasteiger partial charge in [-0.05, 0) is 25.5 Å². The summed E-state index contributed by atoms with van der Waals surface area (Å²) in [6, 6.07) is 5.09. The first-order chi connectivity index (χ1) is 8.60. The van der Waals surface area contributed by atoms with Crippen molar-refractivity contribution in [2.24, 2.45) is 0 Å². The summed E-state index contributed by atoms with van der Waals surface area (Å²) in [5, 5.41) is 0. The zero-order chi connectivity index (χ0) is 13.5. The Morgan fingerprint density at radius 3 is 2.61 bits per heavy atom. The van der Waals surface area contributed by atoms with Crippen molar-refractivity contribution < 1.29 is 23.8 Å². The number of rotatable bonds is 5. The molecule has 0 atom stereocenters. The zero-order valence-electron chi connectivity index (χ0n) is 10.7. The first-order valence-electron chi connectivity index (χ1n) is 5.56. The Morgan fingerprint density at radius 2 is 2.00 bits per heavy atom. The highest BCUT2D eigenvalue weighted by molar-refractivity contribution is 5.93. The van der Waals surface area contributed by atoms with E-state index in [1.165, 1.54) is 7.11 Å². The fourth-order valence-corrected chi connectivity index (χ4v) is 1.45. The number of ether oxygens (including phenoxy) is 3. The minimum atomic E-state index is -0.502. The van der Waals surface area contributed by atoms with Crippen LogP contribution < -0.4 is 4.74 Å². The fourth-order valence-electron chi connectivity index (χ4n) is 1.45. The number of hydrogen-bond donors (Lipinski definition) is 0. The number of carbonyl (C=O) groups is 2. The summed E-state index contributed by atoms with van der Waals surface area (Å²) in [6.07, 6.45) is 0. The van der Waals surface area contributed by atoms with E-state index in [0.29, 0.717) is 17.9 Å². The van der Waals surface area contributed by atoms with Crippen LogP contribution in [0.4, 0.5) is 0 Å². The molecule has 0 aliphatic heterocycles. The monoisotopic (exact) mass is 252 g/mol. The number of esters is 2. The summed E-state index contributed by atoms with van der Waals surface area (Å²) in [5.41, 5.74) is 1.05. The molecule has 0 radical (unpaired) electrons. The Balaban J connectivity index is 2.86.